The second kappa shape index (κ2) is 15.4. The molecule has 4 nitrogen and oxygen atoms in total. The lowest BCUT2D eigenvalue weighted by atomic mass is 10.0. The molecule has 9 heteroatoms. The SMILES string of the molecule is CCCC[Si](C)(O[Si](C)(C)C)O[Si](C)(C)O[Si](C)(CCCCCCCC(C)CC)O[Si](C)(C)C. The Morgan fingerprint density at radius 2 is 0.941 bits per heavy atom. The van der Waals surface area contributed by atoms with Crippen LogP contribution in [0.1, 0.15) is 78.6 Å². The Morgan fingerprint density at radius 3 is 1.35 bits per heavy atom. The predicted octanol–water partition coefficient (Wildman–Crippen LogP) is 9.76. The Labute approximate surface area is 220 Å². The second-order valence-corrected chi connectivity index (χ2v) is 33.3. The van der Waals surface area contributed by atoms with Crippen molar-refractivity contribution in [1.29, 1.82) is 0 Å². The van der Waals surface area contributed by atoms with Gasteiger partial charge in [-0.05, 0) is 83.5 Å². The van der Waals surface area contributed by atoms with E-state index >= 15 is 0 Å². The first-order valence-electron chi connectivity index (χ1n) is 14.1. The van der Waals surface area contributed by atoms with E-state index in [4.69, 9.17) is 16.5 Å². The van der Waals surface area contributed by atoms with Gasteiger partial charge in [-0.25, -0.2) is 0 Å². The van der Waals surface area contributed by atoms with Crippen molar-refractivity contribution in [2.75, 3.05) is 0 Å². The molecule has 0 aromatic heterocycles. The highest BCUT2D eigenvalue weighted by Gasteiger charge is 2.47. The first kappa shape index (κ1) is 34.9. The van der Waals surface area contributed by atoms with Gasteiger partial charge >= 0.3 is 25.7 Å². The molecule has 0 aliphatic rings. The molecule has 0 aliphatic heterocycles. The molecule has 0 saturated carbocycles. The van der Waals surface area contributed by atoms with Crippen LogP contribution in [0.15, 0.2) is 0 Å². The molecule has 0 spiro atoms. The van der Waals surface area contributed by atoms with Gasteiger partial charge in [-0.1, -0.05) is 78.6 Å². The maximum Gasteiger partial charge on any atom is 0.315 e. The zero-order valence-electron chi connectivity index (χ0n) is 25.5. The molecule has 0 bridgehead atoms. The summed E-state index contributed by atoms with van der Waals surface area (Å²) in [6.45, 7) is 29.7. The van der Waals surface area contributed by atoms with E-state index in [1.807, 2.05) is 0 Å². The van der Waals surface area contributed by atoms with Crippen LogP contribution >= 0.6 is 0 Å². The number of hydrogen-bond donors (Lipinski definition) is 0. The minimum atomic E-state index is -2.40. The van der Waals surface area contributed by atoms with Crippen molar-refractivity contribution >= 4 is 42.3 Å². The van der Waals surface area contributed by atoms with E-state index in [-0.39, 0.29) is 0 Å². The summed E-state index contributed by atoms with van der Waals surface area (Å²) in [7, 11) is -10.4. The molecule has 0 N–H and O–H groups in total. The minimum absolute atomic E-state index is 0.873. The van der Waals surface area contributed by atoms with Crippen molar-refractivity contribution < 1.29 is 16.5 Å². The van der Waals surface area contributed by atoms with Gasteiger partial charge in [-0.2, -0.15) is 0 Å². The van der Waals surface area contributed by atoms with Crippen LogP contribution in [0.5, 0.6) is 0 Å². The van der Waals surface area contributed by atoms with Gasteiger partial charge in [0.05, 0.1) is 0 Å². The van der Waals surface area contributed by atoms with E-state index in [0.29, 0.717) is 0 Å². The maximum atomic E-state index is 7.00. The fourth-order valence-electron chi connectivity index (χ4n) is 4.77. The highest BCUT2D eigenvalue weighted by Crippen LogP contribution is 2.31. The molecule has 206 valence electrons. The maximum absolute atomic E-state index is 7.00. The van der Waals surface area contributed by atoms with Crippen LogP contribution in [0.25, 0.3) is 0 Å². The topological polar surface area (TPSA) is 36.9 Å². The molecule has 0 fully saturated rings. The van der Waals surface area contributed by atoms with Crippen molar-refractivity contribution in [2.24, 2.45) is 5.92 Å². The Kier molecular flexibility index (Phi) is 15.8. The Morgan fingerprint density at radius 1 is 0.529 bits per heavy atom. The van der Waals surface area contributed by atoms with Crippen LogP contribution in [-0.4, -0.2) is 42.3 Å². The first-order valence-corrected chi connectivity index (χ1v) is 28.8. The molecule has 0 saturated heterocycles. The van der Waals surface area contributed by atoms with Gasteiger partial charge in [0.1, 0.15) is 0 Å². The number of hydrogen-bond acceptors (Lipinski definition) is 4. The van der Waals surface area contributed by atoms with Crippen LogP contribution in [0.3, 0.4) is 0 Å². The third-order valence-corrected chi connectivity index (χ3v) is 24.2. The Hall–Kier alpha value is 0.924. The van der Waals surface area contributed by atoms with E-state index < -0.39 is 42.3 Å². The van der Waals surface area contributed by atoms with Crippen LogP contribution in [0.4, 0.5) is 0 Å². The molecule has 0 rings (SSSR count). The van der Waals surface area contributed by atoms with Crippen molar-refractivity contribution in [2.45, 2.75) is 156 Å². The molecule has 0 heterocycles. The van der Waals surface area contributed by atoms with Crippen molar-refractivity contribution in [3.05, 3.63) is 0 Å². The highest BCUT2D eigenvalue weighted by atomic mass is 28.5. The standard InChI is InChI=1S/C25H62O4Si5/c1-14-16-23-33(12,26-30(4,5)6)28-32(10,11)29-34(13,27-31(7,8)9)24-21-19-17-18-20-22-25(3)15-2/h25H,14-24H2,1-13H3. The minimum Gasteiger partial charge on any atom is -0.437 e. The molecule has 34 heavy (non-hydrogen) atoms. The van der Waals surface area contributed by atoms with E-state index in [9.17, 15) is 0 Å². The van der Waals surface area contributed by atoms with Gasteiger partial charge in [-0.15, -0.1) is 0 Å². The molecule has 3 unspecified atom stereocenters. The zero-order valence-corrected chi connectivity index (χ0v) is 30.5. The molecule has 0 aromatic rings. The van der Waals surface area contributed by atoms with Crippen LogP contribution in [0.2, 0.25) is 77.6 Å². The van der Waals surface area contributed by atoms with E-state index in [1.165, 1.54) is 51.4 Å². The largest absolute Gasteiger partial charge is 0.437 e. The molecule has 0 aromatic carbocycles. The quantitative estimate of drug-likeness (QED) is 0.108. The van der Waals surface area contributed by atoms with Crippen LogP contribution < -0.4 is 0 Å². The average molecular weight is 567 g/mol. The zero-order chi connectivity index (χ0) is 26.7. The Bertz CT molecular complexity index is 550. The Balaban J connectivity index is 5.16. The summed E-state index contributed by atoms with van der Waals surface area (Å²) in [6, 6.07) is 2.13. The van der Waals surface area contributed by atoms with Gasteiger partial charge in [0.25, 0.3) is 0 Å². The van der Waals surface area contributed by atoms with Crippen molar-refractivity contribution in [1.82, 2.24) is 0 Å². The van der Waals surface area contributed by atoms with Crippen molar-refractivity contribution in [3.8, 4) is 0 Å². The third kappa shape index (κ3) is 18.2. The predicted molar refractivity (Wildman–Crippen MR) is 163 cm³/mol. The molecule has 0 radical (unpaired) electrons. The van der Waals surface area contributed by atoms with Crippen LogP contribution in [0, 0.1) is 5.92 Å². The summed E-state index contributed by atoms with van der Waals surface area (Å²) >= 11 is 0. The van der Waals surface area contributed by atoms with Gasteiger partial charge in [-0.3, -0.25) is 0 Å². The molecule has 3 atom stereocenters. The molecule has 0 amide bonds. The first-order chi connectivity index (χ1) is 15.3. The summed E-state index contributed by atoms with van der Waals surface area (Å²) in [5.41, 5.74) is 0. The monoisotopic (exact) mass is 566 g/mol. The van der Waals surface area contributed by atoms with Gasteiger partial charge in [0, 0.05) is 0 Å². The van der Waals surface area contributed by atoms with E-state index in [1.54, 1.807) is 0 Å². The fraction of sp³-hybridized carbons (Fsp3) is 1.00. The molecular formula is C25H62O4Si5. The summed E-state index contributed by atoms with van der Waals surface area (Å²) in [6.07, 6.45) is 11.6. The average Bonchev–Trinajstić information content (AvgIpc) is 2.61. The summed E-state index contributed by atoms with van der Waals surface area (Å²) in [5, 5.41) is 0. The van der Waals surface area contributed by atoms with Crippen LogP contribution in [-0.2, 0) is 16.5 Å². The number of rotatable bonds is 20. The third-order valence-electron chi connectivity index (χ3n) is 5.98. The summed E-state index contributed by atoms with van der Waals surface area (Å²) in [5.74, 6) is 0.873. The van der Waals surface area contributed by atoms with E-state index in [2.05, 4.69) is 86.2 Å². The smallest absolute Gasteiger partial charge is 0.315 e. The normalized spacial score (nSPS) is 17.9. The molecule has 0 aliphatic carbocycles. The number of unbranched alkanes of at least 4 members (excludes halogenated alkanes) is 5. The lowest BCUT2D eigenvalue weighted by Gasteiger charge is -2.44. The second-order valence-electron chi connectivity index (χ2n) is 13.2. The van der Waals surface area contributed by atoms with Gasteiger partial charge in [0.2, 0.25) is 0 Å². The molecular weight excluding hydrogens is 505 g/mol. The lowest BCUT2D eigenvalue weighted by Crippen LogP contribution is -2.59. The fourth-order valence-corrected chi connectivity index (χ4v) is 28.6. The highest BCUT2D eigenvalue weighted by molar-refractivity contribution is 6.90. The lowest BCUT2D eigenvalue weighted by molar-refractivity contribution is 0.289. The van der Waals surface area contributed by atoms with Gasteiger partial charge < -0.3 is 16.5 Å². The van der Waals surface area contributed by atoms with Gasteiger partial charge in [0.15, 0.2) is 16.6 Å². The summed E-state index contributed by atoms with van der Waals surface area (Å²) < 4.78 is 27.5. The summed E-state index contributed by atoms with van der Waals surface area (Å²) in [4.78, 5) is 0. The van der Waals surface area contributed by atoms with E-state index in [0.717, 1.165) is 24.4 Å². The van der Waals surface area contributed by atoms with Crippen molar-refractivity contribution in [3.63, 3.8) is 0 Å².